The molecule has 0 radical (unpaired) electrons. The van der Waals surface area contributed by atoms with Crippen LogP contribution in [-0.4, -0.2) is 16.5 Å². The van der Waals surface area contributed by atoms with Crippen molar-refractivity contribution in [2.45, 2.75) is 38.7 Å². The zero-order valence-corrected chi connectivity index (χ0v) is 8.89. The topological polar surface area (TPSA) is 66.0 Å². The molecule has 4 nitrogen and oxygen atoms in total. The molecule has 1 aromatic rings. The quantitative estimate of drug-likeness (QED) is 0.329. The molecule has 1 aromatic heterocycles. The maximum atomic E-state index is 9.73. The van der Waals surface area contributed by atoms with Crippen molar-refractivity contribution in [1.29, 1.82) is 0 Å². The van der Waals surface area contributed by atoms with E-state index in [1.807, 2.05) is 0 Å². The lowest BCUT2D eigenvalue weighted by Crippen LogP contribution is -1.95. The molecular formula is C11H17NO3. The first kappa shape index (κ1) is 11.8. The summed E-state index contributed by atoms with van der Waals surface area (Å²) in [5.41, 5.74) is 0. The van der Waals surface area contributed by atoms with E-state index in [0.717, 1.165) is 19.3 Å². The predicted octanol–water partition coefficient (Wildman–Crippen LogP) is 2.70. The highest BCUT2D eigenvalue weighted by atomic mass is 16.4. The summed E-state index contributed by atoms with van der Waals surface area (Å²) in [6.45, 7) is 2.12. The van der Waals surface area contributed by atoms with E-state index in [1.54, 1.807) is 12.1 Å². The summed E-state index contributed by atoms with van der Waals surface area (Å²) >= 11 is 0. The lowest BCUT2D eigenvalue weighted by Gasteiger charge is -2.06. The molecule has 1 atom stereocenters. The third-order valence-corrected chi connectivity index (χ3v) is 2.24. The van der Waals surface area contributed by atoms with Gasteiger partial charge >= 0.3 is 0 Å². The number of aliphatic hydroxyl groups is 1. The zero-order valence-electron chi connectivity index (χ0n) is 8.89. The Balaban J connectivity index is 2.46. The zero-order chi connectivity index (χ0) is 11.1. The fourth-order valence-corrected chi connectivity index (χ4v) is 1.40. The minimum absolute atomic E-state index is 0.446. The number of unbranched alkanes of at least 4 members (excludes halogenated alkanes) is 2. The summed E-state index contributed by atoms with van der Waals surface area (Å²) in [6.07, 6.45) is 4.58. The van der Waals surface area contributed by atoms with Gasteiger partial charge in [-0.25, -0.2) is 0 Å². The van der Waals surface area contributed by atoms with Gasteiger partial charge in [0.25, 0.3) is 0 Å². The van der Waals surface area contributed by atoms with Gasteiger partial charge in [0.05, 0.1) is 0 Å². The van der Waals surface area contributed by atoms with Crippen molar-refractivity contribution >= 4 is 6.21 Å². The fraction of sp³-hybridized carbons (Fsp3) is 0.545. The first-order valence-corrected chi connectivity index (χ1v) is 5.23. The van der Waals surface area contributed by atoms with E-state index < -0.39 is 6.10 Å². The van der Waals surface area contributed by atoms with E-state index in [4.69, 9.17) is 9.62 Å². The Morgan fingerprint density at radius 1 is 1.47 bits per heavy atom. The van der Waals surface area contributed by atoms with Crippen molar-refractivity contribution in [3.63, 3.8) is 0 Å². The summed E-state index contributed by atoms with van der Waals surface area (Å²) in [7, 11) is 0. The van der Waals surface area contributed by atoms with Crippen LogP contribution in [0.4, 0.5) is 0 Å². The highest BCUT2D eigenvalue weighted by Gasteiger charge is 2.11. The average Bonchev–Trinajstić information content (AvgIpc) is 2.67. The van der Waals surface area contributed by atoms with Crippen LogP contribution in [0.25, 0.3) is 0 Å². The molecule has 0 saturated heterocycles. The molecule has 84 valence electrons. The second kappa shape index (κ2) is 6.24. The normalized spacial score (nSPS) is 13.5. The number of aliphatic hydroxyl groups excluding tert-OH is 1. The molecule has 1 heterocycles. The molecule has 15 heavy (non-hydrogen) atoms. The first-order chi connectivity index (χ1) is 7.27. The van der Waals surface area contributed by atoms with E-state index >= 15 is 0 Å². The lowest BCUT2D eigenvalue weighted by molar-refractivity contribution is 0.136. The van der Waals surface area contributed by atoms with Crippen LogP contribution in [0.5, 0.6) is 0 Å². The largest absolute Gasteiger partial charge is 0.457 e. The van der Waals surface area contributed by atoms with Gasteiger partial charge in [0.15, 0.2) is 0 Å². The molecule has 0 bridgehead atoms. The molecule has 0 amide bonds. The van der Waals surface area contributed by atoms with Gasteiger partial charge < -0.3 is 14.7 Å². The molecule has 1 unspecified atom stereocenters. The summed E-state index contributed by atoms with van der Waals surface area (Å²) < 4.78 is 5.26. The molecule has 0 fully saturated rings. The second-order valence-corrected chi connectivity index (χ2v) is 3.50. The Kier molecular flexibility index (Phi) is 4.90. The van der Waals surface area contributed by atoms with Crippen LogP contribution >= 0.6 is 0 Å². The molecule has 1 rings (SSSR count). The second-order valence-electron chi connectivity index (χ2n) is 3.50. The van der Waals surface area contributed by atoms with Crippen molar-refractivity contribution in [2.75, 3.05) is 0 Å². The number of furan rings is 1. The van der Waals surface area contributed by atoms with E-state index in [0.29, 0.717) is 17.9 Å². The van der Waals surface area contributed by atoms with Gasteiger partial charge in [0.1, 0.15) is 23.8 Å². The molecule has 0 aliphatic heterocycles. The maximum absolute atomic E-state index is 9.73. The van der Waals surface area contributed by atoms with Gasteiger partial charge in [0, 0.05) is 0 Å². The number of nitrogens with zero attached hydrogens (tertiary/aromatic N) is 1. The van der Waals surface area contributed by atoms with Crippen LogP contribution in [-0.2, 0) is 0 Å². The number of oxime groups is 1. The molecule has 4 heteroatoms. The standard InChI is InChI=1S/C11H17NO3/c1-2-3-4-5-10(13)11-7-6-9(15-11)8-12-14/h6-8,10,13-14H,2-5H2,1H3/b12-8+. The Hall–Kier alpha value is -1.29. The Bertz CT molecular complexity index is 307. The predicted molar refractivity (Wildman–Crippen MR) is 57.2 cm³/mol. The monoisotopic (exact) mass is 211 g/mol. The molecule has 2 N–H and O–H groups in total. The van der Waals surface area contributed by atoms with Crippen molar-refractivity contribution < 1.29 is 14.7 Å². The SMILES string of the molecule is CCCCCC(O)c1ccc(/C=N/O)o1. The van der Waals surface area contributed by atoms with Gasteiger partial charge in [-0.15, -0.1) is 0 Å². The Labute approximate surface area is 89.2 Å². The lowest BCUT2D eigenvalue weighted by atomic mass is 10.1. The van der Waals surface area contributed by atoms with Crippen molar-refractivity contribution in [3.8, 4) is 0 Å². The van der Waals surface area contributed by atoms with Crippen molar-refractivity contribution in [3.05, 3.63) is 23.7 Å². The van der Waals surface area contributed by atoms with Gasteiger partial charge in [0.2, 0.25) is 0 Å². The van der Waals surface area contributed by atoms with Crippen LogP contribution in [0, 0.1) is 0 Å². The maximum Gasteiger partial charge on any atom is 0.148 e. The van der Waals surface area contributed by atoms with Gasteiger partial charge in [-0.3, -0.25) is 0 Å². The van der Waals surface area contributed by atoms with Gasteiger partial charge in [-0.1, -0.05) is 31.3 Å². The van der Waals surface area contributed by atoms with Crippen LogP contribution in [0.2, 0.25) is 0 Å². The van der Waals surface area contributed by atoms with Crippen LogP contribution < -0.4 is 0 Å². The first-order valence-electron chi connectivity index (χ1n) is 5.23. The van der Waals surface area contributed by atoms with Crippen LogP contribution in [0.15, 0.2) is 21.7 Å². The highest BCUT2D eigenvalue weighted by Crippen LogP contribution is 2.21. The van der Waals surface area contributed by atoms with Crippen molar-refractivity contribution in [2.24, 2.45) is 5.16 Å². The number of hydrogen-bond acceptors (Lipinski definition) is 4. The van der Waals surface area contributed by atoms with E-state index in [1.165, 1.54) is 6.21 Å². The third kappa shape index (κ3) is 3.75. The van der Waals surface area contributed by atoms with E-state index in [2.05, 4.69) is 12.1 Å². The molecule has 0 aromatic carbocycles. The smallest absolute Gasteiger partial charge is 0.148 e. The van der Waals surface area contributed by atoms with Crippen LogP contribution in [0.3, 0.4) is 0 Å². The Morgan fingerprint density at radius 2 is 2.27 bits per heavy atom. The number of hydrogen-bond donors (Lipinski definition) is 2. The Morgan fingerprint density at radius 3 is 2.93 bits per heavy atom. The van der Waals surface area contributed by atoms with Gasteiger partial charge in [-0.05, 0) is 18.6 Å². The molecule has 0 aliphatic rings. The minimum atomic E-state index is -0.558. The third-order valence-electron chi connectivity index (χ3n) is 2.24. The molecule has 0 spiro atoms. The highest BCUT2D eigenvalue weighted by molar-refractivity contribution is 5.75. The minimum Gasteiger partial charge on any atom is -0.457 e. The van der Waals surface area contributed by atoms with E-state index in [-0.39, 0.29) is 0 Å². The van der Waals surface area contributed by atoms with E-state index in [9.17, 15) is 5.11 Å². The molecular weight excluding hydrogens is 194 g/mol. The summed E-state index contributed by atoms with van der Waals surface area (Å²) in [5.74, 6) is 0.975. The molecule has 0 saturated carbocycles. The molecule has 0 aliphatic carbocycles. The van der Waals surface area contributed by atoms with Crippen molar-refractivity contribution in [1.82, 2.24) is 0 Å². The number of rotatable bonds is 6. The fourth-order valence-electron chi connectivity index (χ4n) is 1.40. The summed E-state index contributed by atoms with van der Waals surface area (Å²) in [4.78, 5) is 0. The summed E-state index contributed by atoms with van der Waals surface area (Å²) in [5, 5.41) is 20.9. The summed E-state index contributed by atoms with van der Waals surface area (Å²) in [6, 6.07) is 3.37. The average molecular weight is 211 g/mol. The van der Waals surface area contributed by atoms with Gasteiger partial charge in [-0.2, -0.15) is 0 Å². The van der Waals surface area contributed by atoms with Crippen LogP contribution in [0.1, 0.15) is 50.2 Å².